The van der Waals surface area contributed by atoms with Gasteiger partial charge in [-0.15, -0.1) is 0 Å². The van der Waals surface area contributed by atoms with Gasteiger partial charge in [0.2, 0.25) is 0 Å². The molecule has 1 aliphatic rings. The number of piperazine rings is 1. The number of carbonyl (C=O) groups excluding carboxylic acids is 2. The van der Waals surface area contributed by atoms with E-state index in [1.807, 2.05) is 12.1 Å². The number of likely N-dealkylation sites (N-methyl/N-ethyl adjacent to an activating group) is 1. The Morgan fingerprint density at radius 1 is 1.03 bits per heavy atom. The largest absolute Gasteiger partial charge is 0.369 e. The lowest BCUT2D eigenvalue weighted by Crippen LogP contribution is -2.44. The molecule has 9 heteroatoms. The lowest BCUT2D eigenvalue weighted by Gasteiger charge is -2.34. The van der Waals surface area contributed by atoms with Gasteiger partial charge in [0.1, 0.15) is 5.69 Å². The number of anilines is 2. The Kier molecular flexibility index (Phi) is 7.19. The highest BCUT2D eigenvalue weighted by molar-refractivity contribution is 6.39. The van der Waals surface area contributed by atoms with Gasteiger partial charge in [-0.25, -0.2) is 0 Å². The van der Waals surface area contributed by atoms with Crippen LogP contribution in [0.1, 0.15) is 11.1 Å². The van der Waals surface area contributed by atoms with Crippen LogP contribution in [0.15, 0.2) is 42.5 Å². The number of nitrogens with one attached hydrogen (secondary N) is 2. The summed E-state index contributed by atoms with van der Waals surface area (Å²) in [5, 5.41) is 16.0. The molecule has 0 unspecified atom stereocenters. The fraction of sp³-hybridized carbons (Fsp3) is 0.364. The Bertz CT molecular complexity index is 953. The summed E-state index contributed by atoms with van der Waals surface area (Å²) in [5.74, 6) is -1.76. The maximum atomic E-state index is 12.1. The summed E-state index contributed by atoms with van der Waals surface area (Å²) in [5.41, 5.74) is 2.66. The third-order valence-corrected chi connectivity index (χ3v) is 5.31. The molecule has 3 rings (SSSR count). The predicted octanol–water partition coefficient (Wildman–Crippen LogP) is 1.95. The van der Waals surface area contributed by atoms with Crippen molar-refractivity contribution in [3.8, 4) is 0 Å². The van der Waals surface area contributed by atoms with Crippen LogP contribution in [-0.4, -0.2) is 61.4 Å². The molecule has 0 bridgehead atoms. The minimum Gasteiger partial charge on any atom is -0.369 e. The average Bonchev–Trinajstić information content (AvgIpc) is 2.75. The summed E-state index contributed by atoms with van der Waals surface area (Å²) in [6, 6.07) is 12.6. The van der Waals surface area contributed by atoms with E-state index >= 15 is 0 Å². The molecule has 1 aliphatic heterocycles. The molecule has 164 valence electrons. The number of hydrogen-bond acceptors (Lipinski definition) is 6. The van der Waals surface area contributed by atoms with Crippen molar-refractivity contribution < 1.29 is 14.5 Å². The normalized spacial score (nSPS) is 14.2. The highest BCUT2D eigenvalue weighted by Crippen LogP contribution is 2.25. The van der Waals surface area contributed by atoms with Crippen molar-refractivity contribution in [1.82, 2.24) is 10.2 Å². The molecule has 9 nitrogen and oxygen atoms in total. The highest BCUT2D eigenvalue weighted by Gasteiger charge is 2.20. The van der Waals surface area contributed by atoms with Crippen LogP contribution >= 0.6 is 0 Å². The molecule has 1 saturated heterocycles. The van der Waals surface area contributed by atoms with Crippen LogP contribution in [0.5, 0.6) is 0 Å². The van der Waals surface area contributed by atoms with E-state index in [9.17, 15) is 19.7 Å². The quantitative estimate of drug-likeness (QED) is 0.416. The maximum Gasteiger partial charge on any atom is 0.313 e. The number of amides is 2. The number of carbonyl (C=O) groups is 2. The number of nitro groups is 1. The molecule has 1 heterocycles. The molecule has 0 aliphatic carbocycles. The maximum absolute atomic E-state index is 12.1. The van der Waals surface area contributed by atoms with E-state index in [0.717, 1.165) is 31.7 Å². The predicted molar refractivity (Wildman–Crippen MR) is 119 cm³/mol. The Morgan fingerprint density at radius 3 is 2.35 bits per heavy atom. The molecule has 2 aromatic rings. The smallest absolute Gasteiger partial charge is 0.313 e. The molecule has 2 aromatic carbocycles. The first kappa shape index (κ1) is 22.2. The van der Waals surface area contributed by atoms with Crippen molar-refractivity contribution in [3.63, 3.8) is 0 Å². The van der Waals surface area contributed by atoms with Crippen LogP contribution in [0, 0.1) is 17.0 Å². The third kappa shape index (κ3) is 6.02. The van der Waals surface area contributed by atoms with E-state index in [1.54, 1.807) is 13.0 Å². The van der Waals surface area contributed by atoms with Crippen molar-refractivity contribution in [2.45, 2.75) is 13.3 Å². The summed E-state index contributed by atoms with van der Waals surface area (Å²) in [6.07, 6.45) is 0.576. The standard InChI is InChI=1S/C22H27N5O4/c1-16-3-8-19(20(15-16)27(30)31)24-22(29)21(28)23-10-9-17-4-6-18(7-5-17)26-13-11-25(2)12-14-26/h3-8,15H,9-14H2,1-2H3,(H,23,28)(H,24,29). The first-order chi connectivity index (χ1) is 14.8. The monoisotopic (exact) mass is 425 g/mol. The Morgan fingerprint density at radius 2 is 1.71 bits per heavy atom. The van der Waals surface area contributed by atoms with Gasteiger partial charge >= 0.3 is 11.8 Å². The van der Waals surface area contributed by atoms with Crippen LogP contribution in [0.2, 0.25) is 0 Å². The summed E-state index contributed by atoms with van der Waals surface area (Å²) in [7, 11) is 2.12. The van der Waals surface area contributed by atoms with Gasteiger partial charge in [0.15, 0.2) is 0 Å². The van der Waals surface area contributed by atoms with Crippen LogP contribution in [0.4, 0.5) is 17.1 Å². The van der Waals surface area contributed by atoms with Crippen molar-refractivity contribution in [3.05, 3.63) is 63.7 Å². The zero-order chi connectivity index (χ0) is 22.4. The molecule has 0 radical (unpaired) electrons. The number of nitro benzene ring substituents is 1. The minimum absolute atomic E-state index is 0.00440. The summed E-state index contributed by atoms with van der Waals surface area (Å²) >= 11 is 0. The molecule has 0 spiro atoms. The van der Waals surface area contributed by atoms with Gasteiger partial charge in [-0.3, -0.25) is 19.7 Å². The van der Waals surface area contributed by atoms with Gasteiger partial charge < -0.3 is 20.4 Å². The van der Waals surface area contributed by atoms with Crippen LogP contribution in [0.3, 0.4) is 0 Å². The van der Waals surface area contributed by atoms with Gasteiger partial charge in [0.05, 0.1) is 4.92 Å². The van der Waals surface area contributed by atoms with Gasteiger partial charge in [0, 0.05) is 44.5 Å². The molecule has 0 aromatic heterocycles. The van der Waals surface area contributed by atoms with E-state index < -0.39 is 16.7 Å². The average molecular weight is 425 g/mol. The zero-order valence-corrected chi connectivity index (χ0v) is 17.8. The fourth-order valence-corrected chi connectivity index (χ4v) is 3.42. The van der Waals surface area contributed by atoms with Gasteiger partial charge in [0.25, 0.3) is 5.69 Å². The first-order valence-electron chi connectivity index (χ1n) is 10.2. The second-order valence-electron chi connectivity index (χ2n) is 7.69. The second kappa shape index (κ2) is 10.0. The minimum atomic E-state index is -0.933. The highest BCUT2D eigenvalue weighted by atomic mass is 16.6. The lowest BCUT2D eigenvalue weighted by atomic mass is 10.1. The molecular weight excluding hydrogens is 398 g/mol. The van der Waals surface area contributed by atoms with Gasteiger partial charge in [-0.1, -0.05) is 18.2 Å². The van der Waals surface area contributed by atoms with Crippen LogP contribution < -0.4 is 15.5 Å². The number of aryl methyl sites for hydroxylation is 1. The molecular formula is C22H27N5O4. The SMILES string of the molecule is Cc1ccc(NC(=O)C(=O)NCCc2ccc(N3CCN(C)CC3)cc2)c([N+](=O)[O-])c1. The van der Waals surface area contributed by atoms with Crippen molar-refractivity contribution in [1.29, 1.82) is 0 Å². The Hall–Kier alpha value is -3.46. The molecule has 0 atom stereocenters. The molecule has 2 N–H and O–H groups in total. The molecule has 1 fully saturated rings. The van der Waals surface area contributed by atoms with E-state index in [4.69, 9.17) is 0 Å². The van der Waals surface area contributed by atoms with E-state index in [2.05, 4.69) is 39.6 Å². The topological polar surface area (TPSA) is 108 Å². The zero-order valence-electron chi connectivity index (χ0n) is 17.8. The number of hydrogen-bond donors (Lipinski definition) is 2. The second-order valence-corrected chi connectivity index (χ2v) is 7.69. The van der Waals surface area contributed by atoms with E-state index in [-0.39, 0.29) is 17.9 Å². The summed E-state index contributed by atoms with van der Waals surface area (Å²) in [6.45, 7) is 6.09. The van der Waals surface area contributed by atoms with E-state index in [1.165, 1.54) is 17.8 Å². The number of nitrogens with zero attached hydrogens (tertiary/aromatic N) is 3. The van der Waals surface area contributed by atoms with Crippen LogP contribution in [-0.2, 0) is 16.0 Å². The van der Waals surface area contributed by atoms with Crippen molar-refractivity contribution >= 4 is 28.9 Å². The van der Waals surface area contributed by atoms with Crippen molar-refractivity contribution in [2.24, 2.45) is 0 Å². The number of rotatable bonds is 6. The van der Waals surface area contributed by atoms with Crippen molar-refractivity contribution in [2.75, 3.05) is 50.0 Å². The number of benzene rings is 2. The summed E-state index contributed by atoms with van der Waals surface area (Å²) in [4.78, 5) is 39.4. The van der Waals surface area contributed by atoms with Crippen LogP contribution in [0.25, 0.3) is 0 Å². The lowest BCUT2D eigenvalue weighted by molar-refractivity contribution is -0.384. The summed E-state index contributed by atoms with van der Waals surface area (Å²) < 4.78 is 0. The Labute approximate surface area is 181 Å². The van der Waals surface area contributed by atoms with Gasteiger partial charge in [-0.05, 0) is 49.7 Å². The third-order valence-electron chi connectivity index (χ3n) is 5.31. The molecule has 31 heavy (non-hydrogen) atoms. The molecule has 2 amide bonds. The Balaban J connectivity index is 1.48. The fourth-order valence-electron chi connectivity index (χ4n) is 3.42. The van der Waals surface area contributed by atoms with E-state index in [0.29, 0.717) is 12.0 Å². The first-order valence-corrected chi connectivity index (χ1v) is 10.2. The van der Waals surface area contributed by atoms with Gasteiger partial charge in [-0.2, -0.15) is 0 Å². The molecule has 0 saturated carbocycles.